The molecule has 0 unspecified atom stereocenters. The van der Waals surface area contributed by atoms with Crippen molar-refractivity contribution in [3.05, 3.63) is 63.9 Å². The van der Waals surface area contributed by atoms with Crippen LogP contribution in [0.2, 0.25) is 0 Å². The fourth-order valence-corrected chi connectivity index (χ4v) is 3.37. The molecule has 7 heteroatoms. The molecule has 1 aromatic heterocycles. The van der Waals surface area contributed by atoms with Crippen LogP contribution >= 0.6 is 0 Å². The van der Waals surface area contributed by atoms with Crippen molar-refractivity contribution in [1.29, 1.82) is 0 Å². The largest absolute Gasteiger partial charge is 0.324 e. The monoisotopic (exact) mass is 392 g/mol. The number of rotatable bonds is 5. The summed E-state index contributed by atoms with van der Waals surface area (Å²) < 4.78 is 1.37. The third-order valence-electron chi connectivity index (χ3n) is 4.83. The number of nitrogens with one attached hydrogen (secondary N) is 1. The van der Waals surface area contributed by atoms with Crippen LogP contribution in [0.3, 0.4) is 0 Å². The molecule has 0 radical (unpaired) electrons. The lowest BCUT2D eigenvalue weighted by molar-refractivity contribution is -0.117. The second-order valence-electron chi connectivity index (χ2n) is 6.89. The Bertz CT molecular complexity index is 1130. The van der Waals surface area contributed by atoms with Crippen molar-refractivity contribution in [1.82, 2.24) is 9.55 Å². The van der Waals surface area contributed by atoms with Crippen LogP contribution in [0.4, 0.5) is 11.5 Å². The molecule has 7 nitrogen and oxygen atoms in total. The highest BCUT2D eigenvalue weighted by Gasteiger charge is 2.20. The van der Waals surface area contributed by atoms with Gasteiger partial charge in [0.15, 0.2) is 0 Å². The molecule has 0 saturated heterocycles. The van der Waals surface area contributed by atoms with Gasteiger partial charge in [-0.05, 0) is 44.0 Å². The fraction of sp³-hybridized carbons (Fsp3) is 0.273. The molecule has 0 aliphatic rings. The number of amides is 2. The molecule has 150 valence electrons. The lowest BCUT2D eigenvalue weighted by Crippen LogP contribution is -2.38. The van der Waals surface area contributed by atoms with Crippen LogP contribution in [-0.4, -0.2) is 27.9 Å². The van der Waals surface area contributed by atoms with E-state index in [-0.39, 0.29) is 24.2 Å². The average Bonchev–Trinajstić information content (AvgIpc) is 2.68. The summed E-state index contributed by atoms with van der Waals surface area (Å²) in [7, 11) is 0. The van der Waals surface area contributed by atoms with Crippen molar-refractivity contribution in [3.63, 3.8) is 0 Å². The van der Waals surface area contributed by atoms with E-state index in [1.807, 2.05) is 32.0 Å². The zero-order valence-electron chi connectivity index (χ0n) is 17.0. The molecule has 0 aliphatic carbocycles. The first-order valence-electron chi connectivity index (χ1n) is 9.47. The molecule has 2 amide bonds. The van der Waals surface area contributed by atoms with E-state index in [9.17, 15) is 14.4 Å². The number of fused-ring (bicyclic) bond motifs is 1. The van der Waals surface area contributed by atoms with Gasteiger partial charge in [0.2, 0.25) is 17.6 Å². The number of benzene rings is 2. The first-order valence-corrected chi connectivity index (χ1v) is 9.47. The molecule has 3 rings (SSSR count). The van der Waals surface area contributed by atoms with Crippen LogP contribution in [0, 0.1) is 13.8 Å². The maximum atomic E-state index is 13.1. The first kappa shape index (κ1) is 20.3. The second kappa shape index (κ2) is 8.26. The van der Waals surface area contributed by atoms with Gasteiger partial charge in [-0.2, -0.15) is 0 Å². The van der Waals surface area contributed by atoms with Crippen molar-refractivity contribution in [2.45, 2.75) is 34.2 Å². The van der Waals surface area contributed by atoms with Gasteiger partial charge in [0.25, 0.3) is 5.56 Å². The van der Waals surface area contributed by atoms with Gasteiger partial charge in [-0.25, -0.2) is 4.98 Å². The number of anilines is 2. The lowest BCUT2D eigenvalue weighted by Gasteiger charge is -2.20. The van der Waals surface area contributed by atoms with Crippen LogP contribution in [0.15, 0.2) is 47.3 Å². The smallest absolute Gasteiger partial charge is 0.294 e. The number of aromatic nitrogens is 2. The van der Waals surface area contributed by atoms with Gasteiger partial charge in [-0.15, -0.1) is 0 Å². The molecule has 0 bridgehead atoms. The number of nitrogens with zero attached hydrogens (tertiary/aromatic N) is 3. The van der Waals surface area contributed by atoms with Crippen molar-refractivity contribution in [3.8, 4) is 0 Å². The van der Waals surface area contributed by atoms with Gasteiger partial charge in [0.05, 0.1) is 11.0 Å². The zero-order chi connectivity index (χ0) is 21.1. The summed E-state index contributed by atoms with van der Waals surface area (Å²) in [5, 5.41) is 2.90. The molecule has 1 heterocycles. The van der Waals surface area contributed by atoms with E-state index in [2.05, 4.69) is 10.3 Å². The highest BCUT2D eigenvalue weighted by Crippen LogP contribution is 2.20. The molecular formula is C22H24N4O3. The predicted molar refractivity (Wildman–Crippen MR) is 114 cm³/mol. The van der Waals surface area contributed by atoms with Crippen LogP contribution in [0.1, 0.15) is 25.0 Å². The van der Waals surface area contributed by atoms with Crippen LogP contribution in [-0.2, 0) is 16.1 Å². The van der Waals surface area contributed by atoms with Crippen molar-refractivity contribution >= 4 is 34.4 Å². The molecule has 3 aromatic rings. The van der Waals surface area contributed by atoms with E-state index in [1.54, 1.807) is 31.2 Å². The second-order valence-corrected chi connectivity index (χ2v) is 6.89. The topological polar surface area (TPSA) is 84.3 Å². The van der Waals surface area contributed by atoms with Gasteiger partial charge in [-0.3, -0.25) is 23.9 Å². The molecule has 0 spiro atoms. The minimum Gasteiger partial charge on any atom is -0.324 e. The maximum absolute atomic E-state index is 13.1. The Balaban J connectivity index is 2.06. The number of hydrogen-bond donors (Lipinski definition) is 1. The number of carbonyl (C=O) groups excluding carboxylic acids is 2. The van der Waals surface area contributed by atoms with Crippen molar-refractivity contribution in [2.75, 3.05) is 16.8 Å². The van der Waals surface area contributed by atoms with Gasteiger partial charge in [0, 0.05) is 19.2 Å². The Labute approximate surface area is 169 Å². The minimum absolute atomic E-state index is 0.0265. The summed E-state index contributed by atoms with van der Waals surface area (Å²) in [6.45, 7) is 7.12. The zero-order valence-corrected chi connectivity index (χ0v) is 17.0. The lowest BCUT2D eigenvalue weighted by atomic mass is 10.1. The summed E-state index contributed by atoms with van der Waals surface area (Å²) in [5.74, 6) is -0.574. The predicted octanol–water partition coefficient (Wildman–Crippen LogP) is 3.02. The standard InChI is InChI=1S/C22H24N4O3/c1-5-25(16(4)27)21-22(29)26(18-12-7-6-11-17(18)23-21)13-19(28)24-20-14(2)9-8-10-15(20)3/h6-12H,5,13H2,1-4H3,(H,24,28). The van der Waals surface area contributed by atoms with E-state index in [4.69, 9.17) is 0 Å². The molecule has 0 aliphatic heterocycles. The molecule has 2 aromatic carbocycles. The van der Waals surface area contributed by atoms with Gasteiger partial charge >= 0.3 is 0 Å². The summed E-state index contributed by atoms with van der Waals surface area (Å²) in [4.78, 5) is 43.6. The molecule has 1 N–H and O–H groups in total. The molecular weight excluding hydrogens is 368 g/mol. The molecule has 29 heavy (non-hydrogen) atoms. The molecule has 0 atom stereocenters. The Morgan fingerprint density at radius 2 is 1.72 bits per heavy atom. The highest BCUT2D eigenvalue weighted by atomic mass is 16.2. The third-order valence-corrected chi connectivity index (χ3v) is 4.83. The van der Waals surface area contributed by atoms with Gasteiger partial charge in [-0.1, -0.05) is 30.3 Å². The number of carbonyl (C=O) groups is 2. The van der Waals surface area contributed by atoms with Crippen LogP contribution in [0.25, 0.3) is 11.0 Å². The SMILES string of the molecule is CCN(C(C)=O)c1nc2ccccc2n(CC(=O)Nc2c(C)cccc2C)c1=O. The summed E-state index contributed by atoms with van der Waals surface area (Å²) >= 11 is 0. The quantitative estimate of drug-likeness (QED) is 0.723. The summed E-state index contributed by atoms with van der Waals surface area (Å²) in [6.07, 6.45) is 0. The third kappa shape index (κ3) is 4.03. The van der Waals surface area contributed by atoms with E-state index >= 15 is 0 Å². The van der Waals surface area contributed by atoms with E-state index in [0.29, 0.717) is 17.6 Å². The maximum Gasteiger partial charge on any atom is 0.294 e. The average molecular weight is 392 g/mol. The van der Waals surface area contributed by atoms with E-state index in [1.165, 1.54) is 16.4 Å². The van der Waals surface area contributed by atoms with Crippen LogP contribution in [0.5, 0.6) is 0 Å². The molecule has 0 fully saturated rings. The van der Waals surface area contributed by atoms with Crippen molar-refractivity contribution < 1.29 is 9.59 Å². The summed E-state index contributed by atoms with van der Waals surface area (Å²) in [5.41, 5.74) is 3.24. The Morgan fingerprint density at radius 1 is 1.07 bits per heavy atom. The Morgan fingerprint density at radius 3 is 2.34 bits per heavy atom. The number of para-hydroxylation sites is 3. The van der Waals surface area contributed by atoms with E-state index in [0.717, 1.165) is 16.8 Å². The van der Waals surface area contributed by atoms with E-state index < -0.39 is 5.56 Å². The first-order chi connectivity index (χ1) is 13.8. The Kier molecular flexibility index (Phi) is 5.77. The highest BCUT2D eigenvalue weighted by molar-refractivity contribution is 5.94. The number of aryl methyl sites for hydroxylation is 2. The minimum atomic E-state index is -0.475. The van der Waals surface area contributed by atoms with Crippen LogP contribution < -0.4 is 15.8 Å². The van der Waals surface area contributed by atoms with Gasteiger partial charge < -0.3 is 5.32 Å². The Hall–Kier alpha value is -3.48. The summed E-state index contributed by atoms with van der Waals surface area (Å²) in [6, 6.07) is 12.8. The number of hydrogen-bond acceptors (Lipinski definition) is 4. The normalized spacial score (nSPS) is 10.8. The van der Waals surface area contributed by atoms with Gasteiger partial charge in [0.1, 0.15) is 6.54 Å². The molecule has 0 saturated carbocycles. The fourth-order valence-electron chi connectivity index (χ4n) is 3.37. The van der Waals surface area contributed by atoms with Crippen molar-refractivity contribution in [2.24, 2.45) is 0 Å².